The van der Waals surface area contributed by atoms with Crippen LogP contribution in [0.3, 0.4) is 0 Å². The molecule has 1 spiro atoms. The second kappa shape index (κ2) is 4.17. The summed E-state index contributed by atoms with van der Waals surface area (Å²) >= 11 is 0. The van der Waals surface area contributed by atoms with Crippen molar-refractivity contribution in [2.24, 2.45) is 11.3 Å². The second-order valence-electron chi connectivity index (χ2n) is 4.90. The largest absolute Gasteiger partial charge is 0.378 e. The summed E-state index contributed by atoms with van der Waals surface area (Å²) in [6.45, 7) is 4.69. The first-order valence-corrected chi connectivity index (χ1v) is 6.06. The van der Waals surface area contributed by atoms with Crippen LogP contribution in [0.5, 0.6) is 0 Å². The number of nitrogens with one attached hydrogen (secondary N) is 1. The number of hydrogen-bond acceptors (Lipinski definition) is 3. The number of rotatable bonds is 3. The lowest BCUT2D eigenvalue weighted by atomic mass is 9.55. The van der Waals surface area contributed by atoms with Gasteiger partial charge in [-0.3, -0.25) is 14.9 Å². The van der Waals surface area contributed by atoms with Gasteiger partial charge in [0.05, 0.1) is 6.10 Å². The van der Waals surface area contributed by atoms with Crippen molar-refractivity contribution < 1.29 is 14.3 Å². The fraction of sp³-hybridized carbons (Fsp3) is 0.833. The molecule has 4 nitrogen and oxygen atoms in total. The quantitative estimate of drug-likeness (QED) is 0.735. The minimum atomic E-state index is -0.121. The third-order valence-electron chi connectivity index (χ3n) is 3.91. The minimum Gasteiger partial charge on any atom is -0.378 e. The lowest BCUT2D eigenvalue weighted by molar-refractivity contribution is -0.161. The van der Waals surface area contributed by atoms with Gasteiger partial charge in [-0.2, -0.15) is 0 Å². The van der Waals surface area contributed by atoms with Crippen LogP contribution in [0.15, 0.2) is 0 Å². The van der Waals surface area contributed by atoms with Gasteiger partial charge >= 0.3 is 0 Å². The Labute approximate surface area is 95.7 Å². The van der Waals surface area contributed by atoms with Crippen molar-refractivity contribution in [2.45, 2.75) is 45.6 Å². The Morgan fingerprint density at radius 1 is 1.38 bits per heavy atom. The molecule has 0 aromatic rings. The fourth-order valence-corrected chi connectivity index (χ4v) is 3.24. The van der Waals surface area contributed by atoms with E-state index in [1.165, 1.54) is 0 Å². The van der Waals surface area contributed by atoms with Gasteiger partial charge in [0.1, 0.15) is 0 Å². The molecule has 1 heterocycles. The van der Waals surface area contributed by atoms with Crippen molar-refractivity contribution in [1.29, 1.82) is 0 Å². The van der Waals surface area contributed by atoms with Crippen LogP contribution in [-0.4, -0.2) is 24.5 Å². The van der Waals surface area contributed by atoms with Crippen molar-refractivity contribution in [2.75, 3.05) is 6.61 Å². The molecule has 2 fully saturated rings. The Hall–Kier alpha value is -0.900. The molecule has 1 N–H and O–H groups in total. The summed E-state index contributed by atoms with van der Waals surface area (Å²) in [7, 11) is 0. The average molecular weight is 225 g/mol. The van der Waals surface area contributed by atoms with Gasteiger partial charge in [0, 0.05) is 18.9 Å². The van der Waals surface area contributed by atoms with Gasteiger partial charge in [0.15, 0.2) is 0 Å². The standard InChI is InChI=1S/C12H19NO3/c1-3-9-11(15)13-10(14)7-12(9)5-8(6-12)16-4-2/h8-9H,3-7H2,1-2H3,(H,13,14,15). The van der Waals surface area contributed by atoms with E-state index in [2.05, 4.69) is 5.32 Å². The molecule has 2 aliphatic rings. The number of imide groups is 1. The van der Waals surface area contributed by atoms with Crippen LogP contribution in [0.4, 0.5) is 0 Å². The third kappa shape index (κ3) is 1.75. The molecule has 1 atom stereocenters. The highest BCUT2D eigenvalue weighted by atomic mass is 16.5. The summed E-state index contributed by atoms with van der Waals surface area (Å²) in [5.74, 6) is -0.222. The molecular formula is C12H19NO3. The predicted octanol–water partition coefficient (Wildman–Crippen LogP) is 1.24. The topological polar surface area (TPSA) is 55.4 Å². The molecule has 90 valence electrons. The zero-order valence-electron chi connectivity index (χ0n) is 9.91. The number of hydrogen-bond donors (Lipinski definition) is 1. The molecule has 16 heavy (non-hydrogen) atoms. The minimum absolute atomic E-state index is 0.0121. The van der Waals surface area contributed by atoms with E-state index in [1.54, 1.807) is 0 Å². The Bertz CT molecular complexity index is 307. The van der Waals surface area contributed by atoms with Crippen molar-refractivity contribution in [3.8, 4) is 0 Å². The summed E-state index contributed by atoms with van der Waals surface area (Å²) in [5.41, 5.74) is -0.103. The first-order chi connectivity index (χ1) is 7.61. The summed E-state index contributed by atoms with van der Waals surface area (Å²) in [4.78, 5) is 23.2. The van der Waals surface area contributed by atoms with Crippen molar-refractivity contribution >= 4 is 11.8 Å². The molecular weight excluding hydrogens is 206 g/mol. The van der Waals surface area contributed by atoms with Crippen LogP contribution in [0.1, 0.15) is 39.5 Å². The van der Waals surface area contributed by atoms with E-state index in [0.717, 1.165) is 19.3 Å². The second-order valence-corrected chi connectivity index (χ2v) is 4.90. The zero-order valence-corrected chi connectivity index (χ0v) is 9.91. The van der Waals surface area contributed by atoms with E-state index in [1.807, 2.05) is 13.8 Å². The van der Waals surface area contributed by atoms with Crippen LogP contribution in [0.2, 0.25) is 0 Å². The average Bonchev–Trinajstić information content (AvgIpc) is 2.15. The summed E-state index contributed by atoms with van der Waals surface area (Å²) in [6, 6.07) is 0. The van der Waals surface area contributed by atoms with Gasteiger partial charge in [-0.1, -0.05) is 6.92 Å². The van der Waals surface area contributed by atoms with Crippen LogP contribution < -0.4 is 5.32 Å². The normalized spacial score (nSPS) is 38.4. The van der Waals surface area contributed by atoms with E-state index in [4.69, 9.17) is 4.74 Å². The zero-order chi connectivity index (χ0) is 11.8. The van der Waals surface area contributed by atoms with E-state index in [0.29, 0.717) is 13.0 Å². The predicted molar refractivity (Wildman–Crippen MR) is 58.6 cm³/mol. The maximum Gasteiger partial charge on any atom is 0.230 e. The number of carbonyl (C=O) groups is 2. The number of amides is 2. The molecule has 0 aromatic heterocycles. The van der Waals surface area contributed by atoms with Gasteiger partial charge in [0.2, 0.25) is 11.8 Å². The fourth-order valence-electron chi connectivity index (χ4n) is 3.24. The Morgan fingerprint density at radius 3 is 2.62 bits per heavy atom. The Balaban J connectivity index is 2.07. The van der Waals surface area contributed by atoms with Crippen LogP contribution >= 0.6 is 0 Å². The van der Waals surface area contributed by atoms with E-state index >= 15 is 0 Å². The number of ether oxygens (including phenoxy) is 1. The van der Waals surface area contributed by atoms with Gasteiger partial charge < -0.3 is 4.74 Å². The number of piperidine rings is 1. The Morgan fingerprint density at radius 2 is 2.06 bits per heavy atom. The van der Waals surface area contributed by atoms with Crippen molar-refractivity contribution in [3.63, 3.8) is 0 Å². The van der Waals surface area contributed by atoms with Gasteiger partial charge in [0.25, 0.3) is 0 Å². The molecule has 2 rings (SSSR count). The highest BCUT2D eigenvalue weighted by Gasteiger charge is 2.55. The van der Waals surface area contributed by atoms with Crippen LogP contribution in [-0.2, 0) is 14.3 Å². The van der Waals surface area contributed by atoms with Gasteiger partial charge in [-0.15, -0.1) is 0 Å². The summed E-state index contributed by atoms with van der Waals surface area (Å²) < 4.78 is 5.53. The molecule has 1 saturated heterocycles. The molecule has 1 aliphatic carbocycles. The highest BCUT2D eigenvalue weighted by Crippen LogP contribution is 2.53. The molecule has 1 saturated carbocycles. The first kappa shape index (κ1) is 11.6. The monoisotopic (exact) mass is 225 g/mol. The maximum atomic E-state index is 11.7. The highest BCUT2D eigenvalue weighted by molar-refractivity contribution is 5.99. The molecule has 0 radical (unpaired) electrons. The maximum absolute atomic E-state index is 11.7. The lowest BCUT2D eigenvalue weighted by Gasteiger charge is -2.52. The molecule has 0 bridgehead atoms. The SMILES string of the molecule is CCOC1CC2(CC(=O)NC(=O)C2CC)C1. The Kier molecular flexibility index (Phi) is 3.02. The van der Waals surface area contributed by atoms with E-state index < -0.39 is 0 Å². The number of carbonyl (C=O) groups excluding carboxylic acids is 2. The molecule has 1 unspecified atom stereocenters. The first-order valence-electron chi connectivity index (χ1n) is 6.06. The molecule has 0 aromatic carbocycles. The summed E-state index contributed by atoms with van der Waals surface area (Å²) in [6.07, 6.45) is 3.26. The van der Waals surface area contributed by atoms with E-state index in [-0.39, 0.29) is 29.3 Å². The van der Waals surface area contributed by atoms with Crippen molar-refractivity contribution in [3.05, 3.63) is 0 Å². The smallest absolute Gasteiger partial charge is 0.230 e. The molecule has 1 aliphatic heterocycles. The molecule has 2 amide bonds. The summed E-state index contributed by atoms with van der Waals surface area (Å²) in [5, 5.41) is 2.43. The van der Waals surface area contributed by atoms with Crippen molar-refractivity contribution in [1.82, 2.24) is 5.32 Å². The third-order valence-corrected chi connectivity index (χ3v) is 3.91. The lowest BCUT2D eigenvalue weighted by Crippen LogP contribution is -2.58. The van der Waals surface area contributed by atoms with Crippen LogP contribution in [0.25, 0.3) is 0 Å². The van der Waals surface area contributed by atoms with Gasteiger partial charge in [-0.25, -0.2) is 0 Å². The van der Waals surface area contributed by atoms with Gasteiger partial charge in [-0.05, 0) is 31.6 Å². The van der Waals surface area contributed by atoms with Crippen LogP contribution in [0, 0.1) is 11.3 Å². The van der Waals surface area contributed by atoms with E-state index in [9.17, 15) is 9.59 Å². The molecule has 4 heteroatoms.